The Hall–Kier alpha value is -1.28. The van der Waals surface area contributed by atoms with Crippen LogP contribution in [0, 0.1) is 0 Å². The van der Waals surface area contributed by atoms with Gasteiger partial charge in [-0.15, -0.1) is 0 Å². The van der Waals surface area contributed by atoms with E-state index in [2.05, 4.69) is 26.2 Å². The highest BCUT2D eigenvalue weighted by atomic mass is 79.9. The van der Waals surface area contributed by atoms with E-state index in [0.717, 1.165) is 5.54 Å². The zero-order chi connectivity index (χ0) is 19.9. The highest BCUT2D eigenvalue weighted by Gasteiger charge is 2.18. The first-order chi connectivity index (χ1) is 12.1. The van der Waals surface area contributed by atoms with E-state index in [1.54, 1.807) is 38.1 Å². The molecule has 0 fully saturated rings. The molecule has 0 bridgehead atoms. The molecule has 26 heavy (non-hydrogen) atoms. The number of benzene rings is 1. The van der Waals surface area contributed by atoms with Gasteiger partial charge in [0.25, 0.3) is 11.8 Å². The van der Waals surface area contributed by atoms with Gasteiger partial charge in [-0.1, -0.05) is 50.7 Å². The summed E-state index contributed by atoms with van der Waals surface area (Å²) < 4.78 is 6.01. The van der Waals surface area contributed by atoms with Gasteiger partial charge in [-0.3, -0.25) is 9.59 Å². The second-order valence-corrected chi connectivity index (χ2v) is 7.31. The van der Waals surface area contributed by atoms with E-state index in [1.165, 1.54) is 12.4 Å². The van der Waals surface area contributed by atoms with E-state index in [1.807, 2.05) is 0 Å². The Balaban J connectivity index is 2.88. The molecule has 2 amide bonds. The number of amides is 2. The van der Waals surface area contributed by atoms with Crippen molar-refractivity contribution < 1.29 is 14.3 Å². The summed E-state index contributed by atoms with van der Waals surface area (Å²) in [5.41, 5.74) is 0.354. The lowest BCUT2D eigenvalue weighted by Crippen LogP contribution is -2.38. The minimum atomic E-state index is -1.000. The largest absolute Gasteiger partial charge is 0.469 e. The number of hydrogen-bond donors (Lipinski definition) is 1. The maximum absolute atomic E-state index is 12.4. The molecular formula is C16H17BrCl3N3O3. The number of carbonyl (C=O) groups is 2. The fraction of sp³-hybridized carbons (Fsp3) is 0.312. The Morgan fingerprint density at radius 3 is 2.58 bits per heavy atom. The fourth-order valence-electron chi connectivity index (χ4n) is 1.61. The molecule has 0 aromatic heterocycles. The molecule has 0 spiro atoms. The average molecular weight is 486 g/mol. The molecule has 1 N–H and O–H groups in total. The van der Waals surface area contributed by atoms with Crippen molar-refractivity contribution >= 4 is 68.9 Å². The van der Waals surface area contributed by atoms with Crippen molar-refractivity contribution in [3.8, 4) is 5.75 Å². The predicted octanol–water partition coefficient (Wildman–Crippen LogP) is 3.95. The minimum Gasteiger partial charge on any atom is -0.469 e. The summed E-state index contributed by atoms with van der Waals surface area (Å²) >= 11 is 20.5. The van der Waals surface area contributed by atoms with Gasteiger partial charge in [0.15, 0.2) is 0 Å². The van der Waals surface area contributed by atoms with Gasteiger partial charge in [0, 0.05) is 29.7 Å². The van der Waals surface area contributed by atoms with E-state index >= 15 is 0 Å². The van der Waals surface area contributed by atoms with Crippen LogP contribution in [-0.2, 0) is 4.79 Å². The zero-order valence-electron chi connectivity index (χ0n) is 14.2. The Morgan fingerprint density at radius 1 is 1.35 bits per heavy atom. The molecule has 10 heteroatoms. The Kier molecular flexibility index (Phi) is 9.43. The first-order valence-electron chi connectivity index (χ1n) is 7.26. The van der Waals surface area contributed by atoms with Gasteiger partial charge in [0.2, 0.25) is 5.56 Å². The number of carbonyl (C=O) groups excluding carboxylic acids is 2. The van der Waals surface area contributed by atoms with Crippen LogP contribution in [-0.4, -0.2) is 48.8 Å². The molecule has 0 aliphatic rings. The van der Waals surface area contributed by atoms with Crippen LogP contribution in [0.4, 0.5) is 0 Å². The van der Waals surface area contributed by atoms with Gasteiger partial charge in [-0.25, -0.2) is 4.99 Å². The number of alkyl halides is 1. The van der Waals surface area contributed by atoms with Crippen molar-refractivity contribution in [1.82, 2.24) is 10.2 Å². The van der Waals surface area contributed by atoms with Crippen molar-refractivity contribution in [3.63, 3.8) is 0 Å². The average Bonchev–Trinajstić information content (AvgIpc) is 2.57. The Bertz CT molecular complexity index is 726. The van der Waals surface area contributed by atoms with E-state index in [-0.39, 0.29) is 10.6 Å². The summed E-state index contributed by atoms with van der Waals surface area (Å²) in [6.45, 7) is 1.54. The topological polar surface area (TPSA) is 71.0 Å². The minimum absolute atomic E-state index is 0.0947. The molecule has 1 aromatic rings. The molecule has 142 valence electrons. The predicted molar refractivity (Wildman–Crippen MR) is 108 cm³/mol. The maximum atomic E-state index is 12.4. The van der Waals surface area contributed by atoms with Gasteiger partial charge in [-0.2, -0.15) is 0 Å². The third kappa shape index (κ3) is 7.53. The summed E-state index contributed by atoms with van der Waals surface area (Å²) in [4.78, 5) is 29.6. The molecule has 0 saturated carbocycles. The third-order valence-electron chi connectivity index (χ3n) is 2.83. The summed E-state index contributed by atoms with van der Waals surface area (Å²) in [5.74, 6) is -0.647. The van der Waals surface area contributed by atoms with Crippen LogP contribution in [0.3, 0.4) is 0 Å². The van der Waals surface area contributed by atoms with Gasteiger partial charge in [0.1, 0.15) is 11.8 Å². The van der Waals surface area contributed by atoms with E-state index in [0.29, 0.717) is 10.2 Å². The highest BCUT2D eigenvalue weighted by Crippen LogP contribution is 2.26. The maximum Gasteiger partial charge on any atom is 0.269 e. The van der Waals surface area contributed by atoms with Gasteiger partial charge < -0.3 is 15.0 Å². The van der Waals surface area contributed by atoms with Crippen LogP contribution in [0.25, 0.3) is 0 Å². The first kappa shape index (κ1) is 22.8. The molecular weight excluding hydrogens is 468 g/mol. The number of aliphatic imine (C=N–C) groups is 1. The second-order valence-electron chi connectivity index (χ2n) is 5.35. The molecule has 0 heterocycles. The van der Waals surface area contributed by atoms with E-state index < -0.39 is 23.4 Å². The van der Waals surface area contributed by atoms with Crippen molar-refractivity contribution in [1.29, 1.82) is 0 Å². The fourth-order valence-corrected chi connectivity index (χ4v) is 2.47. The number of nitrogens with one attached hydrogen (secondary N) is 1. The SMILES string of the molecule is C[C@H](NC(=O)c1cc(Br)cc(OC(Cl)C(Cl)=CCl)c1)C(=O)/N=C/N(C)C. The smallest absolute Gasteiger partial charge is 0.269 e. The van der Waals surface area contributed by atoms with Crippen LogP contribution in [0.1, 0.15) is 17.3 Å². The zero-order valence-corrected chi connectivity index (χ0v) is 18.0. The van der Waals surface area contributed by atoms with Crippen LogP contribution in [0.2, 0.25) is 0 Å². The normalized spacial score (nSPS) is 14.0. The van der Waals surface area contributed by atoms with Gasteiger partial charge in [0.05, 0.1) is 11.4 Å². The van der Waals surface area contributed by atoms with E-state index in [4.69, 9.17) is 39.5 Å². The molecule has 0 aliphatic heterocycles. The number of ether oxygens (including phenoxy) is 1. The van der Waals surface area contributed by atoms with Crippen molar-refractivity contribution in [2.24, 2.45) is 4.99 Å². The summed E-state index contributed by atoms with van der Waals surface area (Å²) in [7, 11) is 3.47. The van der Waals surface area contributed by atoms with Crippen LogP contribution >= 0.6 is 50.7 Å². The first-order valence-corrected chi connectivity index (χ1v) is 9.30. The highest BCUT2D eigenvalue weighted by molar-refractivity contribution is 9.10. The summed E-state index contributed by atoms with van der Waals surface area (Å²) in [6.07, 6.45) is 1.37. The number of rotatable bonds is 7. The molecule has 0 radical (unpaired) electrons. The molecule has 0 aliphatic carbocycles. The lowest BCUT2D eigenvalue weighted by molar-refractivity contribution is -0.119. The molecule has 0 saturated heterocycles. The van der Waals surface area contributed by atoms with Crippen molar-refractivity contribution in [2.45, 2.75) is 18.5 Å². The molecule has 1 rings (SSSR count). The van der Waals surface area contributed by atoms with Crippen LogP contribution in [0.5, 0.6) is 5.75 Å². The molecule has 1 unspecified atom stereocenters. The summed E-state index contributed by atoms with van der Waals surface area (Å²) in [5, 5.41) is 2.67. The Morgan fingerprint density at radius 2 is 2.00 bits per heavy atom. The summed E-state index contributed by atoms with van der Waals surface area (Å²) in [6, 6.07) is 3.86. The molecule has 2 atom stereocenters. The van der Waals surface area contributed by atoms with Gasteiger partial charge >= 0.3 is 0 Å². The number of halogens is 4. The second kappa shape index (κ2) is 10.8. The van der Waals surface area contributed by atoms with Crippen molar-refractivity contribution in [3.05, 3.63) is 38.8 Å². The molecule has 1 aromatic carbocycles. The van der Waals surface area contributed by atoms with Gasteiger partial charge in [-0.05, 0) is 25.1 Å². The van der Waals surface area contributed by atoms with Crippen LogP contribution < -0.4 is 10.1 Å². The Labute approximate surface area is 175 Å². The number of hydrogen-bond acceptors (Lipinski definition) is 3. The van der Waals surface area contributed by atoms with Crippen LogP contribution in [0.15, 0.2) is 38.2 Å². The number of nitrogens with zero attached hydrogens (tertiary/aromatic N) is 2. The lowest BCUT2D eigenvalue weighted by atomic mass is 10.2. The quantitative estimate of drug-likeness (QED) is 0.361. The van der Waals surface area contributed by atoms with E-state index in [9.17, 15) is 9.59 Å². The van der Waals surface area contributed by atoms with Crippen molar-refractivity contribution in [2.75, 3.05) is 14.1 Å². The third-order valence-corrected chi connectivity index (χ3v) is 4.38. The monoisotopic (exact) mass is 483 g/mol. The molecule has 6 nitrogen and oxygen atoms in total. The lowest BCUT2D eigenvalue weighted by Gasteiger charge is -2.14. The standard InChI is InChI=1S/C16H17BrCl3N3O3/c1-9(15(24)21-8-23(2)3)22-16(25)10-4-11(17)6-12(5-10)26-14(20)13(19)7-18/h4-9,14H,1-3H3,(H,22,25)/b13-7?,21-8+/t9-,14?/m0/s1.